The zero-order valence-corrected chi connectivity index (χ0v) is 17.4. The van der Waals surface area contributed by atoms with Crippen molar-refractivity contribution >= 4 is 33.3 Å². The number of rotatable bonds is 5. The van der Waals surface area contributed by atoms with Gasteiger partial charge < -0.3 is 10.3 Å². The zero-order chi connectivity index (χ0) is 20.5. The van der Waals surface area contributed by atoms with Gasteiger partial charge in [-0.1, -0.05) is 12.1 Å². The maximum Gasteiger partial charge on any atom is 0.228 e. The van der Waals surface area contributed by atoms with E-state index in [0.717, 1.165) is 27.7 Å². The molecule has 1 aromatic heterocycles. The molecule has 6 heteroatoms. The third-order valence-electron chi connectivity index (χ3n) is 4.61. The van der Waals surface area contributed by atoms with Crippen molar-refractivity contribution in [2.24, 2.45) is 0 Å². The smallest absolute Gasteiger partial charge is 0.228 e. The van der Waals surface area contributed by atoms with Gasteiger partial charge in [-0.05, 0) is 69.2 Å². The Morgan fingerprint density at radius 2 is 1.93 bits per heavy atom. The van der Waals surface area contributed by atoms with Crippen molar-refractivity contribution in [3.63, 3.8) is 0 Å². The second-order valence-corrected chi connectivity index (χ2v) is 10.2. The number of benzene rings is 2. The molecular formula is C22H25FN2O2S. The Kier molecular flexibility index (Phi) is 5.70. The molecule has 0 radical (unpaired) electrons. The largest absolute Gasteiger partial charge is 0.358 e. The Labute approximate surface area is 167 Å². The summed E-state index contributed by atoms with van der Waals surface area (Å²) in [6.45, 7) is 7.71. The molecule has 148 valence electrons. The van der Waals surface area contributed by atoms with E-state index in [4.69, 9.17) is 0 Å². The summed E-state index contributed by atoms with van der Waals surface area (Å²) in [6, 6.07) is 11.9. The van der Waals surface area contributed by atoms with E-state index in [0.29, 0.717) is 11.4 Å². The lowest BCUT2D eigenvalue weighted by atomic mass is 10.1. The minimum absolute atomic E-state index is 0.146. The van der Waals surface area contributed by atoms with E-state index < -0.39 is 10.8 Å². The molecule has 1 amide bonds. The summed E-state index contributed by atoms with van der Waals surface area (Å²) < 4.78 is 25.7. The molecule has 2 aromatic carbocycles. The molecular weight excluding hydrogens is 375 g/mol. The van der Waals surface area contributed by atoms with Crippen LogP contribution in [0.4, 0.5) is 10.1 Å². The second kappa shape index (κ2) is 7.87. The standard InChI is InChI=1S/C22H25FN2O2S/c1-14-18(19-11-16(23)8-9-20(19)24-14)12-21(26)25-17-7-5-6-15(10-17)13-28(27)22(2,3)4/h5-11,24H,12-13H2,1-4H3,(H,25,26). The predicted molar refractivity (Wildman–Crippen MR) is 113 cm³/mol. The van der Waals surface area contributed by atoms with Crippen molar-refractivity contribution in [3.05, 3.63) is 65.1 Å². The van der Waals surface area contributed by atoms with Crippen molar-refractivity contribution in [2.45, 2.75) is 44.6 Å². The van der Waals surface area contributed by atoms with Crippen LogP contribution in [0.3, 0.4) is 0 Å². The van der Waals surface area contributed by atoms with Crippen LogP contribution >= 0.6 is 0 Å². The summed E-state index contributed by atoms with van der Waals surface area (Å²) in [5.41, 5.74) is 4.03. The molecule has 1 atom stereocenters. The summed E-state index contributed by atoms with van der Waals surface area (Å²) in [5.74, 6) is -0.0660. The summed E-state index contributed by atoms with van der Waals surface area (Å²) in [4.78, 5) is 15.8. The number of carbonyl (C=O) groups excluding carboxylic acids is 1. The third kappa shape index (κ3) is 4.68. The first-order chi connectivity index (χ1) is 13.1. The van der Waals surface area contributed by atoms with Gasteiger partial charge in [0.2, 0.25) is 5.91 Å². The van der Waals surface area contributed by atoms with Crippen LogP contribution in [0.25, 0.3) is 10.9 Å². The number of fused-ring (bicyclic) bond motifs is 1. The second-order valence-electron chi connectivity index (χ2n) is 7.95. The highest BCUT2D eigenvalue weighted by Crippen LogP contribution is 2.24. The highest BCUT2D eigenvalue weighted by molar-refractivity contribution is 7.85. The first-order valence-corrected chi connectivity index (χ1v) is 10.5. The predicted octanol–water partition coefficient (Wildman–Crippen LogP) is 4.84. The third-order valence-corrected chi connectivity index (χ3v) is 6.57. The Morgan fingerprint density at radius 3 is 2.64 bits per heavy atom. The van der Waals surface area contributed by atoms with Crippen LogP contribution in [-0.2, 0) is 27.8 Å². The molecule has 0 saturated heterocycles. The number of hydrogen-bond donors (Lipinski definition) is 2. The van der Waals surface area contributed by atoms with Gasteiger partial charge >= 0.3 is 0 Å². The SMILES string of the molecule is Cc1[nH]c2ccc(F)cc2c1CC(=O)Nc1cccc(CS(=O)C(C)(C)C)c1. The van der Waals surface area contributed by atoms with Crippen LogP contribution in [0.15, 0.2) is 42.5 Å². The number of halogens is 1. The molecule has 3 rings (SSSR count). The summed E-state index contributed by atoms with van der Waals surface area (Å²) in [6.07, 6.45) is 0.146. The van der Waals surface area contributed by atoms with E-state index in [1.54, 1.807) is 6.07 Å². The van der Waals surface area contributed by atoms with E-state index >= 15 is 0 Å². The number of anilines is 1. The lowest BCUT2D eigenvalue weighted by Crippen LogP contribution is -2.23. The van der Waals surface area contributed by atoms with E-state index in [1.807, 2.05) is 52.0 Å². The molecule has 0 aliphatic carbocycles. The first-order valence-electron chi connectivity index (χ1n) is 9.17. The Bertz CT molecular complexity index is 1050. The van der Waals surface area contributed by atoms with Gasteiger partial charge in [-0.3, -0.25) is 9.00 Å². The summed E-state index contributed by atoms with van der Waals surface area (Å²) in [7, 11) is -1.01. The number of amides is 1. The highest BCUT2D eigenvalue weighted by Gasteiger charge is 2.19. The van der Waals surface area contributed by atoms with Crippen LogP contribution in [0.1, 0.15) is 37.6 Å². The van der Waals surface area contributed by atoms with Crippen LogP contribution < -0.4 is 5.32 Å². The van der Waals surface area contributed by atoms with E-state index in [1.165, 1.54) is 12.1 Å². The number of aromatic nitrogens is 1. The molecule has 1 heterocycles. The van der Waals surface area contributed by atoms with Gasteiger partial charge in [0.15, 0.2) is 0 Å². The molecule has 0 aliphatic heterocycles. The van der Waals surface area contributed by atoms with E-state index in [-0.39, 0.29) is 22.9 Å². The van der Waals surface area contributed by atoms with Crippen molar-refractivity contribution in [2.75, 3.05) is 5.32 Å². The Hall–Kier alpha value is -2.47. The van der Waals surface area contributed by atoms with Gasteiger partial charge in [0.05, 0.1) is 6.42 Å². The van der Waals surface area contributed by atoms with Crippen molar-refractivity contribution in [1.29, 1.82) is 0 Å². The van der Waals surface area contributed by atoms with Crippen molar-refractivity contribution in [1.82, 2.24) is 4.98 Å². The Morgan fingerprint density at radius 1 is 1.18 bits per heavy atom. The number of aromatic amines is 1. The van der Waals surface area contributed by atoms with Crippen molar-refractivity contribution < 1.29 is 13.4 Å². The minimum atomic E-state index is -1.01. The normalized spacial score (nSPS) is 12.9. The fourth-order valence-corrected chi connectivity index (χ4v) is 3.97. The Balaban J connectivity index is 1.74. The lowest BCUT2D eigenvalue weighted by Gasteiger charge is -2.18. The van der Waals surface area contributed by atoms with Crippen molar-refractivity contribution in [3.8, 4) is 0 Å². The molecule has 0 spiro atoms. The average molecular weight is 401 g/mol. The van der Waals surface area contributed by atoms with Crippen LogP contribution in [0.2, 0.25) is 0 Å². The minimum Gasteiger partial charge on any atom is -0.358 e. The van der Waals surface area contributed by atoms with Gasteiger partial charge in [-0.2, -0.15) is 0 Å². The molecule has 3 aromatic rings. The molecule has 0 aliphatic rings. The van der Waals surface area contributed by atoms with Gasteiger partial charge in [0.1, 0.15) is 5.82 Å². The van der Waals surface area contributed by atoms with Gasteiger partial charge in [-0.25, -0.2) is 4.39 Å². The first kappa shape index (κ1) is 20.3. The van der Waals surface area contributed by atoms with E-state index in [9.17, 15) is 13.4 Å². The molecule has 1 unspecified atom stereocenters. The summed E-state index contributed by atoms with van der Waals surface area (Å²) >= 11 is 0. The monoisotopic (exact) mass is 400 g/mol. The van der Waals surface area contributed by atoms with Crippen LogP contribution in [-0.4, -0.2) is 19.8 Å². The lowest BCUT2D eigenvalue weighted by molar-refractivity contribution is -0.115. The molecule has 0 fully saturated rings. The fraction of sp³-hybridized carbons (Fsp3) is 0.318. The number of H-pyrrole nitrogens is 1. The molecule has 4 nitrogen and oxygen atoms in total. The van der Waals surface area contributed by atoms with Gasteiger partial charge in [0, 0.05) is 43.6 Å². The number of nitrogens with one attached hydrogen (secondary N) is 2. The fourth-order valence-electron chi connectivity index (χ4n) is 3.05. The number of aryl methyl sites for hydroxylation is 1. The van der Waals surface area contributed by atoms with Crippen LogP contribution in [0, 0.1) is 12.7 Å². The molecule has 28 heavy (non-hydrogen) atoms. The number of hydrogen-bond acceptors (Lipinski definition) is 2. The molecule has 2 N–H and O–H groups in total. The average Bonchev–Trinajstić information content (AvgIpc) is 2.89. The van der Waals surface area contributed by atoms with Gasteiger partial charge in [0.25, 0.3) is 0 Å². The maximum atomic E-state index is 13.6. The summed E-state index contributed by atoms with van der Waals surface area (Å²) in [5, 5.41) is 3.62. The zero-order valence-electron chi connectivity index (χ0n) is 16.6. The molecule has 0 saturated carbocycles. The highest BCUT2D eigenvalue weighted by atomic mass is 32.2. The van der Waals surface area contributed by atoms with Gasteiger partial charge in [-0.15, -0.1) is 0 Å². The maximum absolute atomic E-state index is 13.6. The quantitative estimate of drug-likeness (QED) is 0.643. The molecule has 0 bridgehead atoms. The van der Waals surface area contributed by atoms with E-state index in [2.05, 4.69) is 10.3 Å². The topological polar surface area (TPSA) is 62.0 Å². The number of carbonyl (C=O) groups is 1. The van der Waals surface area contributed by atoms with Crippen LogP contribution in [0.5, 0.6) is 0 Å².